The van der Waals surface area contributed by atoms with Crippen LogP contribution in [-0.2, 0) is 0 Å². The third-order valence-corrected chi connectivity index (χ3v) is 6.79. The van der Waals surface area contributed by atoms with Crippen LogP contribution in [0.4, 0.5) is 0 Å². The molecule has 2 saturated heterocycles. The van der Waals surface area contributed by atoms with Crippen molar-refractivity contribution in [3.63, 3.8) is 0 Å². The van der Waals surface area contributed by atoms with Gasteiger partial charge in [0.2, 0.25) is 0 Å². The number of rotatable bonds is 3. The number of fused-ring (bicyclic) bond motifs is 3. The Morgan fingerprint density at radius 2 is 1.90 bits per heavy atom. The standard InChI is InChI=1S/C23H27N5O2/c1-13-21-19(23(30)24-15-10-16-4-3-5-17(11-15)28(16)2)12-20(25-22(21)27-26-13)14-6-8-18(29)9-7-14/h6-9,12,15-17,29H,3-5,10-11H2,1-2H3,(H,24,30)(H,25,26,27)/t15?,16-,17+. The maximum absolute atomic E-state index is 13.4. The van der Waals surface area contributed by atoms with E-state index in [1.54, 1.807) is 24.3 Å². The maximum Gasteiger partial charge on any atom is 0.252 e. The fourth-order valence-electron chi connectivity index (χ4n) is 5.14. The number of nitrogens with one attached hydrogen (secondary N) is 2. The molecule has 7 nitrogen and oxygen atoms in total. The highest BCUT2D eigenvalue weighted by Crippen LogP contribution is 2.33. The molecule has 30 heavy (non-hydrogen) atoms. The average molecular weight is 406 g/mol. The minimum atomic E-state index is -0.0699. The summed E-state index contributed by atoms with van der Waals surface area (Å²) in [6.07, 6.45) is 5.72. The van der Waals surface area contributed by atoms with Crippen molar-refractivity contribution in [1.82, 2.24) is 25.4 Å². The first kappa shape index (κ1) is 19.1. The van der Waals surface area contributed by atoms with Gasteiger partial charge in [-0.1, -0.05) is 6.42 Å². The topological polar surface area (TPSA) is 94.1 Å². The number of phenols is 1. The van der Waals surface area contributed by atoms with Crippen molar-refractivity contribution < 1.29 is 9.90 Å². The number of piperidine rings is 2. The summed E-state index contributed by atoms with van der Waals surface area (Å²) < 4.78 is 0. The quantitative estimate of drug-likeness (QED) is 0.621. The lowest BCUT2D eigenvalue weighted by atomic mass is 9.82. The Morgan fingerprint density at radius 3 is 2.60 bits per heavy atom. The van der Waals surface area contributed by atoms with Gasteiger partial charge in [-0.2, -0.15) is 5.10 Å². The first-order valence-corrected chi connectivity index (χ1v) is 10.7. The van der Waals surface area contributed by atoms with E-state index >= 15 is 0 Å². The van der Waals surface area contributed by atoms with Crippen LogP contribution in [0.1, 0.15) is 48.2 Å². The number of carbonyl (C=O) groups excluding carboxylic acids is 1. The van der Waals surface area contributed by atoms with Crippen molar-refractivity contribution in [1.29, 1.82) is 0 Å². The third-order valence-electron chi connectivity index (χ3n) is 6.79. The van der Waals surface area contributed by atoms with Crippen LogP contribution < -0.4 is 5.32 Å². The minimum absolute atomic E-state index is 0.0699. The first-order valence-electron chi connectivity index (χ1n) is 10.7. The molecule has 2 aliphatic heterocycles. The second-order valence-electron chi connectivity index (χ2n) is 8.68. The number of benzene rings is 1. The van der Waals surface area contributed by atoms with Gasteiger partial charge in [0, 0.05) is 23.7 Å². The molecule has 156 valence electrons. The molecule has 5 rings (SSSR count). The second kappa shape index (κ2) is 7.40. The van der Waals surface area contributed by atoms with Crippen LogP contribution >= 0.6 is 0 Å². The van der Waals surface area contributed by atoms with E-state index in [-0.39, 0.29) is 17.7 Å². The predicted octanol–water partition coefficient (Wildman–Crippen LogP) is 3.38. The summed E-state index contributed by atoms with van der Waals surface area (Å²) in [5.41, 5.74) is 3.48. The van der Waals surface area contributed by atoms with Gasteiger partial charge in [0.05, 0.1) is 22.3 Å². The number of aromatic amines is 1. The molecule has 1 unspecified atom stereocenters. The highest BCUT2D eigenvalue weighted by atomic mass is 16.3. The van der Waals surface area contributed by atoms with Gasteiger partial charge in [-0.3, -0.25) is 9.89 Å². The van der Waals surface area contributed by atoms with Gasteiger partial charge in [0.15, 0.2) is 5.65 Å². The number of pyridine rings is 1. The molecule has 7 heteroatoms. The molecule has 4 heterocycles. The molecule has 1 amide bonds. The number of aromatic nitrogens is 3. The van der Waals surface area contributed by atoms with Gasteiger partial charge in [0.1, 0.15) is 5.75 Å². The van der Waals surface area contributed by atoms with Crippen molar-refractivity contribution >= 4 is 16.9 Å². The van der Waals surface area contributed by atoms with Crippen LogP contribution in [0.5, 0.6) is 5.75 Å². The number of aryl methyl sites for hydroxylation is 1. The van der Waals surface area contributed by atoms with Crippen molar-refractivity contribution in [3.8, 4) is 17.0 Å². The van der Waals surface area contributed by atoms with Crippen LogP contribution in [0.2, 0.25) is 0 Å². The van der Waals surface area contributed by atoms with Crippen molar-refractivity contribution in [2.24, 2.45) is 0 Å². The lowest BCUT2D eigenvalue weighted by Crippen LogP contribution is -2.55. The van der Waals surface area contributed by atoms with Crippen molar-refractivity contribution in [3.05, 3.63) is 41.6 Å². The lowest BCUT2D eigenvalue weighted by molar-refractivity contribution is 0.0463. The van der Waals surface area contributed by atoms with Crippen LogP contribution in [0.3, 0.4) is 0 Å². The summed E-state index contributed by atoms with van der Waals surface area (Å²) in [7, 11) is 2.22. The zero-order chi connectivity index (χ0) is 20.8. The van der Waals surface area contributed by atoms with E-state index in [9.17, 15) is 9.90 Å². The van der Waals surface area contributed by atoms with Gasteiger partial charge in [-0.05, 0) is 70.0 Å². The van der Waals surface area contributed by atoms with Gasteiger partial charge in [-0.25, -0.2) is 4.98 Å². The smallest absolute Gasteiger partial charge is 0.252 e. The highest BCUT2D eigenvalue weighted by molar-refractivity contribution is 6.07. The molecule has 2 aromatic heterocycles. The molecule has 1 aromatic carbocycles. The summed E-state index contributed by atoms with van der Waals surface area (Å²) in [4.78, 5) is 20.5. The monoisotopic (exact) mass is 405 g/mol. The molecular formula is C23H27N5O2. The number of hydrogen-bond acceptors (Lipinski definition) is 5. The molecule has 3 N–H and O–H groups in total. The number of amides is 1. The fraction of sp³-hybridized carbons (Fsp3) is 0.435. The molecule has 3 atom stereocenters. The predicted molar refractivity (Wildman–Crippen MR) is 115 cm³/mol. The fourth-order valence-corrected chi connectivity index (χ4v) is 5.14. The van der Waals surface area contributed by atoms with E-state index in [1.165, 1.54) is 19.3 Å². The third kappa shape index (κ3) is 3.33. The first-order chi connectivity index (χ1) is 14.5. The summed E-state index contributed by atoms with van der Waals surface area (Å²) in [6, 6.07) is 9.98. The molecule has 2 bridgehead atoms. The Morgan fingerprint density at radius 1 is 1.20 bits per heavy atom. The van der Waals surface area contributed by atoms with Crippen LogP contribution in [0.15, 0.2) is 30.3 Å². The summed E-state index contributed by atoms with van der Waals surface area (Å²) >= 11 is 0. The number of carbonyl (C=O) groups is 1. The van der Waals surface area contributed by atoms with Crippen molar-refractivity contribution in [2.75, 3.05) is 7.05 Å². The average Bonchev–Trinajstić information content (AvgIpc) is 3.09. The van der Waals surface area contributed by atoms with Crippen LogP contribution in [0.25, 0.3) is 22.3 Å². The SMILES string of the molecule is Cc1n[nH]c2nc(-c3ccc(O)cc3)cc(C(=O)NC3C[C@H]4CCC[C@@H](C3)N4C)c12. The molecule has 0 aliphatic carbocycles. The maximum atomic E-state index is 13.4. The summed E-state index contributed by atoms with van der Waals surface area (Å²) in [6.45, 7) is 1.89. The van der Waals surface area contributed by atoms with E-state index < -0.39 is 0 Å². The molecule has 3 aromatic rings. The van der Waals surface area contributed by atoms with Gasteiger partial charge >= 0.3 is 0 Å². The molecule has 0 saturated carbocycles. The lowest BCUT2D eigenvalue weighted by Gasteiger charge is -2.47. The number of nitrogens with zero attached hydrogens (tertiary/aromatic N) is 3. The number of aromatic hydroxyl groups is 1. The number of H-pyrrole nitrogens is 1. The normalized spacial score (nSPS) is 24.1. The van der Waals surface area contributed by atoms with E-state index in [1.807, 2.05) is 13.0 Å². The molecule has 0 radical (unpaired) electrons. The van der Waals surface area contributed by atoms with Gasteiger partial charge in [0.25, 0.3) is 5.91 Å². The van der Waals surface area contributed by atoms with E-state index in [0.29, 0.717) is 29.0 Å². The second-order valence-corrected chi connectivity index (χ2v) is 8.68. The summed E-state index contributed by atoms with van der Waals surface area (Å²) in [5.74, 6) is 0.127. The zero-order valence-electron chi connectivity index (χ0n) is 17.4. The molecule has 2 aliphatic rings. The Kier molecular flexibility index (Phi) is 4.70. The Bertz CT molecular complexity index is 1080. The molecular weight excluding hydrogens is 378 g/mol. The molecule has 0 spiro atoms. The van der Waals surface area contributed by atoms with E-state index in [0.717, 1.165) is 29.5 Å². The van der Waals surface area contributed by atoms with Crippen molar-refractivity contribution in [2.45, 2.75) is 57.2 Å². The highest BCUT2D eigenvalue weighted by Gasteiger charge is 2.36. The van der Waals surface area contributed by atoms with E-state index in [4.69, 9.17) is 0 Å². The Balaban J connectivity index is 1.47. The number of phenolic OH excluding ortho intramolecular Hbond substituents is 1. The molecule has 2 fully saturated rings. The number of hydrogen-bond donors (Lipinski definition) is 3. The minimum Gasteiger partial charge on any atom is -0.508 e. The van der Waals surface area contributed by atoms with Gasteiger partial charge < -0.3 is 15.3 Å². The van der Waals surface area contributed by atoms with Gasteiger partial charge in [-0.15, -0.1) is 0 Å². The zero-order valence-corrected chi connectivity index (χ0v) is 17.4. The van der Waals surface area contributed by atoms with E-state index in [2.05, 4.69) is 32.4 Å². The van der Waals surface area contributed by atoms with Crippen LogP contribution in [0, 0.1) is 6.92 Å². The van der Waals surface area contributed by atoms with Crippen LogP contribution in [-0.4, -0.2) is 56.3 Å². The largest absolute Gasteiger partial charge is 0.508 e. The Hall–Kier alpha value is -2.93. The Labute approximate surface area is 175 Å². The summed E-state index contributed by atoms with van der Waals surface area (Å²) in [5, 5.41) is 20.9.